The lowest BCUT2D eigenvalue weighted by Gasteiger charge is -2.34. The Hall–Kier alpha value is -2.04. The van der Waals surface area contributed by atoms with Gasteiger partial charge in [0.1, 0.15) is 0 Å². The Bertz CT molecular complexity index is 988. The van der Waals surface area contributed by atoms with Crippen LogP contribution in [0.5, 0.6) is 0 Å². The van der Waals surface area contributed by atoms with E-state index in [4.69, 9.17) is 27.9 Å². The molecule has 2 aromatic rings. The summed E-state index contributed by atoms with van der Waals surface area (Å²) in [6.45, 7) is 0.521. The van der Waals surface area contributed by atoms with Crippen molar-refractivity contribution in [2.24, 2.45) is 5.92 Å². The molecule has 150 valence electrons. The van der Waals surface area contributed by atoms with Gasteiger partial charge in [-0.1, -0.05) is 23.2 Å². The number of imidazole rings is 1. The molecule has 2 N–H and O–H groups in total. The molecule has 1 aromatic carbocycles. The summed E-state index contributed by atoms with van der Waals surface area (Å²) in [5.41, 5.74) is -3.34. The highest BCUT2D eigenvalue weighted by Gasteiger charge is 2.68. The molecule has 28 heavy (non-hydrogen) atoms. The highest BCUT2D eigenvalue weighted by atomic mass is 35.5. The normalized spacial score (nSPS) is 23.0. The number of benzene rings is 1. The summed E-state index contributed by atoms with van der Waals surface area (Å²) < 4.78 is 48.5. The molecular formula is C16H13Cl2F3N4O3. The maximum atomic E-state index is 14.2. The van der Waals surface area contributed by atoms with Crippen molar-refractivity contribution in [2.75, 3.05) is 18.5 Å². The first-order chi connectivity index (χ1) is 13.1. The summed E-state index contributed by atoms with van der Waals surface area (Å²) in [6.07, 6.45) is -4.62. The topological polar surface area (TPSA) is 85.3 Å². The second-order valence-electron chi connectivity index (χ2n) is 6.56. The van der Waals surface area contributed by atoms with Crippen molar-refractivity contribution in [2.45, 2.75) is 24.7 Å². The van der Waals surface area contributed by atoms with Crippen LogP contribution in [0.25, 0.3) is 11.0 Å². The van der Waals surface area contributed by atoms with Gasteiger partial charge in [0.15, 0.2) is 0 Å². The summed E-state index contributed by atoms with van der Waals surface area (Å²) in [7, 11) is 0. The van der Waals surface area contributed by atoms with E-state index in [1.807, 2.05) is 5.32 Å². The average molecular weight is 437 g/mol. The molecular weight excluding hydrogens is 424 g/mol. The minimum Gasteiger partial charge on any atom is -0.381 e. The van der Waals surface area contributed by atoms with Gasteiger partial charge >= 0.3 is 6.18 Å². The van der Waals surface area contributed by atoms with E-state index in [2.05, 4.69) is 10.3 Å². The predicted molar refractivity (Wildman–Crippen MR) is 94.1 cm³/mol. The van der Waals surface area contributed by atoms with Crippen LogP contribution in [-0.4, -0.2) is 40.8 Å². The van der Waals surface area contributed by atoms with E-state index < -0.39 is 29.6 Å². The number of hydrogen-bond donors (Lipinski definition) is 2. The minimum absolute atomic E-state index is 0.0111. The van der Waals surface area contributed by atoms with Crippen molar-refractivity contribution >= 4 is 52.0 Å². The number of hydrogen-bond acceptors (Lipinski definition) is 4. The monoisotopic (exact) mass is 436 g/mol. The van der Waals surface area contributed by atoms with Gasteiger partial charge in [0.05, 0.1) is 21.1 Å². The lowest BCUT2D eigenvalue weighted by atomic mass is 9.97. The Balaban J connectivity index is 1.87. The van der Waals surface area contributed by atoms with Crippen LogP contribution in [0.1, 0.15) is 12.8 Å². The number of anilines is 1. The predicted octanol–water partition coefficient (Wildman–Crippen LogP) is 3.05. The fourth-order valence-electron chi connectivity index (χ4n) is 3.47. The quantitative estimate of drug-likeness (QED) is 0.757. The van der Waals surface area contributed by atoms with Crippen LogP contribution in [0.2, 0.25) is 10.0 Å². The molecule has 7 nitrogen and oxygen atoms in total. The van der Waals surface area contributed by atoms with Crippen LogP contribution in [-0.2, 0) is 20.0 Å². The van der Waals surface area contributed by atoms with Crippen molar-refractivity contribution in [1.82, 2.24) is 14.9 Å². The van der Waals surface area contributed by atoms with E-state index in [9.17, 15) is 22.8 Å². The Morgan fingerprint density at radius 2 is 1.93 bits per heavy atom. The van der Waals surface area contributed by atoms with E-state index in [0.717, 1.165) is 0 Å². The maximum Gasteiger partial charge on any atom is 0.440 e. The molecule has 1 atom stereocenters. The van der Waals surface area contributed by atoms with Gasteiger partial charge in [-0.25, -0.2) is 4.98 Å². The first-order valence-electron chi connectivity index (χ1n) is 8.31. The number of amides is 2. The van der Waals surface area contributed by atoms with Crippen LogP contribution in [0.3, 0.4) is 0 Å². The number of fused-ring (bicyclic) bond motifs is 3. The van der Waals surface area contributed by atoms with E-state index >= 15 is 0 Å². The number of rotatable bonds is 2. The number of nitrogens with one attached hydrogen (secondary N) is 2. The molecule has 0 spiro atoms. The molecule has 2 aliphatic rings. The number of nitrogens with zero attached hydrogens (tertiary/aromatic N) is 2. The second kappa shape index (κ2) is 6.50. The molecule has 0 saturated carbocycles. The minimum atomic E-state index is -5.15. The first-order valence-corrected chi connectivity index (χ1v) is 9.06. The third-order valence-corrected chi connectivity index (χ3v) is 5.61. The van der Waals surface area contributed by atoms with Crippen LogP contribution >= 0.6 is 23.2 Å². The van der Waals surface area contributed by atoms with Gasteiger partial charge in [0, 0.05) is 19.1 Å². The van der Waals surface area contributed by atoms with Gasteiger partial charge in [-0.15, -0.1) is 0 Å². The largest absolute Gasteiger partial charge is 0.440 e. The van der Waals surface area contributed by atoms with Gasteiger partial charge in [0.25, 0.3) is 11.6 Å². The van der Waals surface area contributed by atoms with Crippen LogP contribution in [0.15, 0.2) is 12.1 Å². The molecule has 0 bridgehead atoms. The fraction of sp³-hybridized carbons (Fsp3) is 0.438. The fourth-order valence-corrected chi connectivity index (χ4v) is 3.78. The summed E-state index contributed by atoms with van der Waals surface area (Å²) in [4.78, 5) is 29.1. The van der Waals surface area contributed by atoms with E-state index in [1.165, 1.54) is 12.1 Å². The number of aromatic nitrogens is 2. The SMILES string of the molecule is O=C(NC1(C(F)(F)F)C(=O)Nc2nc3cc(Cl)c(Cl)cc3n21)C1CCOCC1. The third-order valence-electron chi connectivity index (χ3n) is 4.89. The number of alkyl halides is 3. The number of carbonyl (C=O) groups is 2. The molecule has 1 unspecified atom stereocenters. The molecule has 2 amide bonds. The van der Waals surface area contributed by atoms with E-state index in [0.29, 0.717) is 4.57 Å². The lowest BCUT2D eigenvalue weighted by molar-refractivity contribution is -0.218. The second-order valence-corrected chi connectivity index (χ2v) is 7.38. The zero-order valence-corrected chi connectivity index (χ0v) is 15.6. The van der Waals surface area contributed by atoms with Gasteiger partial charge in [-0.2, -0.15) is 13.2 Å². The van der Waals surface area contributed by atoms with Crippen LogP contribution < -0.4 is 10.6 Å². The summed E-state index contributed by atoms with van der Waals surface area (Å²) in [6, 6.07) is 2.47. The molecule has 0 aliphatic carbocycles. The molecule has 4 rings (SSSR count). The first kappa shape index (κ1) is 19.3. The smallest absolute Gasteiger partial charge is 0.381 e. The van der Waals surface area contributed by atoms with Crippen molar-refractivity contribution in [3.63, 3.8) is 0 Å². The van der Waals surface area contributed by atoms with Crippen molar-refractivity contribution < 1.29 is 27.5 Å². The Morgan fingerprint density at radius 1 is 1.29 bits per heavy atom. The number of halogens is 5. The molecule has 12 heteroatoms. The van der Waals surface area contributed by atoms with Crippen LogP contribution in [0.4, 0.5) is 19.1 Å². The van der Waals surface area contributed by atoms with Gasteiger partial charge in [-0.3, -0.25) is 19.5 Å². The van der Waals surface area contributed by atoms with E-state index in [1.54, 1.807) is 0 Å². The molecule has 1 fully saturated rings. The highest BCUT2D eigenvalue weighted by molar-refractivity contribution is 6.42. The highest BCUT2D eigenvalue weighted by Crippen LogP contribution is 2.45. The summed E-state index contributed by atoms with van der Waals surface area (Å²) in [5.74, 6) is -3.39. The zero-order valence-electron chi connectivity index (χ0n) is 14.1. The van der Waals surface area contributed by atoms with Gasteiger partial charge < -0.3 is 10.1 Å². The lowest BCUT2D eigenvalue weighted by Crippen LogP contribution is -2.64. The molecule has 2 aliphatic heterocycles. The summed E-state index contributed by atoms with van der Waals surface area (Å²) in [5, 5.41) is 4.12. The van der Waals surface area contributed by atoms with Crippen molar-refractivity contribution in [1.29, 1.82) is 0 Å². The molecule has 3 heterocycles. The van der Waals surface area contributed by atoms with Crippen LogP contribution in [0, 0.1) is 5.92 Å². The Labute approximate surface area is 166 Å². The molecule has 0 radical (unpaired) electrons. The summed E-state index contributed by atoms with van der Waals surface area (Å²) >= 11 is 11.9. The van der Waals surface area contributed by atoms with Crippen molar-refractivity contribution in [3.05, 3.63) is 22.2 Å². The standard InChI is InChI=1S/C16H13Cl2F3N4O3/c17-8-5-10-11(6-9(8)18)25-14(22-10)23-13(27)15(25,16(19,20)21)24-12(26)7-1-3-28-4-2-7/h5-7H,1-4H2,(H,24,26)(H,22,23,27). The zero-order chi connectivity index (χ0) is 20.3. The van der Waals surface area contributed by atoms with Gasteiger partial charge in [-0.05, 0) is 25.0 Å². The number of carbonyl (C=O) groups excluding carboxylic acids is 2. The van der Waals surface area contributed by atoms with Gasteiger partial charge in [0.2, 0.25) is 11.9 Å². The molecule has 1 aromatic heterocycles. The Kier molecular flexibility index (Phi) is 4.48. The maximum absolute atomic E-state index is 14.2. The Morgan fingerprint density at radius 3 is 2.57 bits per heavy atom. The van der Waals surface area contributed by atoms with E-state index in [-0.39, 0.29) is 53.1 Å². The number of ether oxygens (including phenoxy) is 1. The van der Waals surface area contributed by atoms with Crippen molar-refractivity contribution in [3.8, 4) is 0 Å². The molecule has 1 saturated heterocycles. The third kappa shape index (κ3) is 2.73. The average Bonchev–Trinajstić information content (AvgIpc) is 3.10.